The van der Waals surface area contributed by atoms with Gasteiger partial charge in [-0.15, -0.1) is 0 Å². The Morgan fingerprint density at radius 2 is 2.43 bits per heavy atom. The monoisotopic (exact) mass is 199 g/mol. The highest BCUT2D eigenvalue weighted by Crippen LogP contribution is 2.07. The fraction of sp³-hybridized carbons (Fsp3) is 0.667. The second-order valence-corrected chi connectivity index (χ2v) is 3.10. The molecule has 0 amide bonds. The lowest BCUT2D eigenvalue weighted by Crippen LogP contribution is -2.18. The molecule has 1 atom stereocenters. The van der Waals surface area contributed by atoms with Crippen LogP contribution in [-0.4, -0.2) is 31.8 Å². The maximum Gasteiger partial charge on any atom is 0.294 e. The molecule has 5 heteroatoms. The Labute approximate surface area is 83.8 Å². The quantitative estimate of drug-likeness (QED) is 0.711. The van der Waals surface area contributed by atoms with Gasteiger partial charge in [0, 0.05) is 20.2 Å². The first kappa shape index (κ1) is 11.0. The number of aromatic nitrogens is 1. The van der Waals surface area contributed by atoms with Gasteiger partial charge in [-0.2, -0.15) is 4.98 Å². The fourth-order valence-electron chi connectivity index (χ4n) is 0.965. The van der Waals surface area contributed by atoms with Crippen LogP contribution >= 0.6 is 0 Å². The van der Waals surface area contributed by atoms with Crippen molar-refractivity contribution in [3.8, 4) is 0 Å². The number of nitrogens with zero attached hydrogens (tertiary/aromatic N) is 1. The van der Waals surface area contributed by atoms with Crippen LogP contribution in [0.5, 0.6) is 0 Å². The Bertz CT molecular complexity index is 262. The number of nitrogens with one attached hydrogen (secondary N) is 2. The van der Waals surface area contributed by atoms with Crippen molar-refractivity contribution in [1.29, 1.82) is 0 Å². The van der Waals surface area contributed by atoms with Crippen molar-refractivity contribution in [3.05, 3.63) is 12.0 Å². The first-order chi connectivity index (χ1) is 6.76. The van der Waals surface area contributed by atoms with E-state index >= 15 is 0 Å². The summed E-state index contributed by atoms with van der Waals surface area (Å²) < 4.78 is 10.3. The maximum absolute atomic E-state index is 5.19. The first-order valence-electron chi connectivity index (χ1n) is 4.62. The molecule has 0 aliphatic rings. The molecule has 0 fully saturated rings. The van der Waals surface area contributed by atoms with Gasteiger partial charge >= 0.3 is 0 Å². The summed E-state index contributed by atoms with van der Waals surface area (Å²) in [5.74, 6) is 0. The molecule has 0 aromatic carbocycles. The molecule has 1 rings (SSSR count). The number of hydrogen-bond donors (Lipinski definition) is 2. The van der Waals surface area contributed by atoms with Gasteiger partial charge in [0.25, 0.3) is 6.01 Å². The lowest BCUT2D eigenvalue weighted by Gasteiger charge is -2.08. The predicted molar refractivity (Wildman–Crippen MR) is 54.2 cm³/mol. The van der Waals surface area contributed by atoms with E-state index in [0.29, 0.717) is 19.1 Å². The molecule has 5 nitrogen and oxygen atoms in total. The van der Waals surface area contributed by atoms with Crippen LogP contribution in [-0.2, 0) is 11.3 Å². The van der Waals surface area contributed by atoms with Crippen molar-refractivity contribution in [2.75, 3.05) is 26.0 Å². The molecule has 0 saturated heterocycles. The largest absolute Gasteiger partial charge is 0.432 e. The van der Waals surface area contributed by atoms with Crippen molar-refractivity contribution in [2.24, 2.45) is 0 Å². The average molecular weight is 199 g/mol. The number of rotatable bonds is 6. The van der Waals surface area contributed by atoms with Crippen molar-refractivity contribution in [1.82, 2.24) is 10.3 Å². The topological polar surface area (TPSA) is 59.3 Å². The molecule has 0 aliphatic heterocycles. The van der Waals surface area contributed by atoms with Crippen LogP contribution in [0.25, 0.3) is 0 Å². The Morgan fingerprint density at radius 3 is 3.07 bits per heavy atom. The molecule has 2 N–H and O–H groups in total. The zero-order chi connectivity index (χ0) is 10.4. The molecule has 80 valence electrons. The molecule has 0 radical (unpaired) electrons. The second kappa shape index (κ2) is 5.62. The van der Waals surface area contributed by atoms with Gasteiger partial charge in [0.15, 0.2) is 0 Å². The third-order valence-corrected chi connectivity index (χ3v) is 1.85. The molecule has 1 unspecified atom stereocenters. The third-order valence-electron chi connectivity index (χ3n) is 1.85. The van der Waals surface area contributed by atoms with Crippen LogP contribution in [0.2, 0.25) is 0 Å². The van der Waals surface area contributed by atoms with E-state index in [1.807, 2.05) is 14.0 Å². The van der Waals surface area contributed by atoms with E-state index in [-0.39, 0.29) is 6.10 Å². The van der Waals surface area contributed by atoms with Gasteiger partial charge in [-0.05, 0) is 14.0 Å². The summed E-state index contributed by atoms with van der Waals surface area (Å²) >= 11 is 0. The normalized spacial score (nSPS) is 12.8. The molecule has 0 aliphatic carbocycles. The molecule has 0 spiro atoms. The highest BCUT2D eigenvalue weighted by molar-refractivity contribution is 5.21. The van der Waals surface area contributed by atoms with E-state index in [2.05, 4.69) is 15.6 Å². The highest BCUT2D eigenvalue weighted by atomic mass is 16.5. The summed E-state index contributed by atoms with van der Waals surface area (Å²) in [6, 6.07) is 0.541. The van der Waals surface area contributed by atoms with Gasteiger partial charge in [0.2, 0.25) is 0 Å². The molecule has 0 saturated carbocycles. The summed E-state index contributed by atoms with van der Waals surface area (Å²) in [6.45, 7) is 3.38. The number of ether oxygens (including phenoxy) is 1. The molecule has 1 heterocycles. The summed E-state index contributed by atoms with van der Waals surface area (Å²) in [5, 5.41) is 6.04. The van der Waals surface area contributed by atoms with Crippen LogP contribution in [0.1, 0.15) is 12.6 Å². The Hall–Kier alpha value is -1.07. The summed E-state index contributed by atoms with van der Waals surface area (Å²) in [4.78, 5) is 4.21. The fourth-order valence-corrected chi connectivity index (χ4v) is 0.965. The summed E-state index contributed by atoms with van der Waals surface area (Å²) in [6.07, 6.45) is 1.78. The summed E-state index contributed by atoms with van der Waals surface area (Å²) in [7, 11) is 3.54. The van der Waals surface area contributed by atoms with Crippen molar-refractivity contribution < 1.29 is 9.15 Å². The van der Waals surface area contributed by atoms with Gasteiger partial charge in [-0.25, -0.2) is 0 Å². The van der Waals surface area contributed by atoms with Gasteiger partial charge < -0.3 is 19.8 Å². The Morgan fingerprint density at radius 1 is 1.64 bits per heavy atom. The van der Waals surface area contributed by atoms with E-state index < -0.39 is 0 Å². The van der Waals surface area contributed by atoms with Gasteiger partial charge in [-0.1, -0.05) is 0 Å². The van der Waals surface area contributed by atoms with E-state index in [1.165, 1.54) is 0 Å². The van der Waals surface area contributed by atoms with Crippen molar-refractivity contribution in [2.45, 2.75) is 19.6 Å². The minimum atomic E-state index is 0.148. The first-order valence-corrected chi connectivity index (χ1v) is 4.62. The lowest BCUT2D eigenvalue weighted by molar-refractivity contribution is 0.128. The number of anilines is 1. The third kappa shape index (κ3) is 3.35. The Balaban J connectivity index is 2.35. The Kier molecular flexibility index (Phi) is 4.42. The minimum Gasteiger partial charge on any atom is -0.432 e. The number of hydrogen-bond acceptors (Lipinski definition) is 5. The molecule has 1 aromatic rings. The number of oxazole rings is 1. The van der Waals surface area contributed by atoms with Crippen LogP contribution in [0, 0.1) is 0 Å². The zero-order valence-electron chi connectivity index (χ0n) is 8.83. The van der Waals surface area contributed by atoms with E-state index in [9.17, 15) is 0 Å². The van der Waals surface area contributed by atoms with Crippen molar-refractivity contribution in [3.63, 3.8) is 0 Å². The molecule has 0 bridgehead atoms. The van der Waals surface area contributed by atoms with E-state index in [1.54, 1.807) is 13.4 Å². The van der Waals surface area contributed by atoms with Crippen molar-refractivity contribution >= 4 is 6.01 Å². The maximum atomic E-state index is 5.19. The second-order valence-electron chi connectivity index (χ2n) is 3.10. The molecule has 14 heavy (non-hydrogen) atoms. The van der Waals surface area contributed by atoms with Crippen LogP contribution < -0.4 is 10.6 Å². The molecule has 1 aromatic heterocycles. The predicted octanol–water partition coefficient (Wildman–Crippen LogP) is 0.841. The SMILES string of the molecule is CNCc1coc(NCC(C)OC)n1. The average Bonchev–Trinajstić information content (AvgIpc) is 2.63. The van der Waals surface area contributed by atoms with Gasteiger partial charge in [0.05, 0.1) is 11.8 Å². The number of methoxy groups -OCH3 is 1. The zero-order valence-corrected chi connectivity index (χ0v) is 8.83. The van der Waals surface area contributed by atoms with Crippen LogP contribution in [0.15, 0.2) is 10.7 Å². The lowest BCUT2D eigenvalue weighted by atomic mass is 10.4. The smallest absolute Gasteiger partial charge is 0.294 e. The minimum absolute atomic E-state index is 0.148. The van der Waals surface area contributed by atoms with Gasteiger partial charge in [-0.3, -0.25) is 0 Å². The molecular weight excluding hydrogens is 182 g/mol. The molecular formula is C9H17N3O2. The van der Waals surface area contributed by atoms with Crippen LogP contribution in [0.3, 0.4) is 0 Å². The standard InChI is InChI=1S/C9H17N3O2/c1-7(13-3)4-11-9-12-8(5-10-2)6-14-9/h6-7,10H,4-5H2,1-3H3,(H,11,12). The van der Waals surface area contributed by atoms with Gasteiger partial charge in [0.1, 0.15) is 6.26 Å². The van der Waals surface area contributed by atoms with Crippen LogP contribution in [0.4, 0.5) is 6.01 Å². The summed E-state index contributed by atoms with van der Waals surface area (Å²) in [5.41, 5.74) is 0.889. The van der Waals surface area contributed by atoms with E-state index in [4.69, 9.17) is 9.15 Å². The van der Waals surface area contributed by atoms with E-state index in [0.717, 1.165) is 5.69 Å². The highest BCUT2D eigenvalue weighted by Gasteiger charge is 2.04.